The first-order valence-electron chi connectivity index (χ1n) is 15.7. The van der Waals surface area contributed by atoms with Crippen molar-refractivity contribution in [3.05, 3.63) is 59.3 Å². The fourth-order valence-corrected chi connectivity index (χ4v) is 5.53. The maximum atomic E-state index is 15.6. The Labute approximate surface area is 208 Å². The number of nitrogens with zero attached hydrogens (tertiary/aromatic N) is 2. The van der Waals surface area contributed by atoms with Crippen LogP contribution in [0.15, 0.2) is 42.4 Å². The van der Waals surface area contributed by atoms with Crippen LogP contribution in [-0.2, 0) is 17.7 Å². The highest BCUT2D eigenvalue weighted by atomic mass is 19.1. The SMILES string of the molecule is [2H]c1c([2H])c(N2CCOC([2H])C2([2H])[2H])c(F)c([2H])c1N([2H])C(C)C1CC2CCC(C1)N2Cc1ccc(CC)cc1. The van der Waals surface area contributed by atoms with Crippen LogP contribution in [0.5, 0.6) is 0 Å². The molecule has 4 nitrogen and oxygen atoms in total. The molecule has 3 saturated heterocycles. The van der Waals surface area contributed by atoms with Crippen LogP contribution in [0.2, 0.25) is 1.41 Å². The van der Waals surface area contributed by atoms with Crippen LogP contribution < -0.4 is 10.2 Å². The Hall–Kier alpha value is -2.11. The second-order valence-corrected chi connectivity index (χ2v) is 9.48. The standard InChI is InChI=1S/C28H38FN3O/c1-3-21-4-6-22(7-5-21)19-32-25-9-10-26(32)17-23(16-25)20(2)30-24-8-11-28(27(29)18-24)31-12-14-33-15-13-31/h4-8,11,18,20,23,25-26,30H,3,9-10,12-17,19H2,1-2H3/i8D,11D,12D2,14D,18D/hD. The van der Waals surface area contributed by atoms with Crippen molar-refractivity contribution in [2.24, 2.45) is 5.92 Å². The van der Waals surface area contributed by atoms with Crippen molar-refractivity contribution >= 4 is 11.4 Å². The van der Waals surface area contributed by atoms with Gasteiger partial charge in [-0.3, -0.25) is 4.90 Å². The number of fused-ring (bicyclic) bond motifs is 2. The van der Waals surface area contributed by atoms with Crippen LogP contribution in [0.1, 0.15) is 58.9 Å². The molecule has 0 aliphatic carbocycles. The van der Waals surface area contributed by atoms with Crippen LogP contribution in [0.4, 0.5) is 15.8 Å². The zero-order chi connectivity index (χ0) is 28.9. The van der Waals surface area contributed by atoms with Crippen LogP contribution in [0.25, 0.3) is 0 Å². The molecule has 3 aliphatic rings. The van der Waals surface area contributed by atoms with E-state index in [1.807, 2.05) is 6.92 Å². The predicted molar refractivity (Wildman–Crippen MR) is 133 cm³/mol. The Bertz CT molecular complexity index is 1190. The molecular formula is C28H38FN3O. The fourth-order valence-electron chi connectivity index (χ4n) is 5.53. The number of ether oxygens (including phenoxy) is 1. The topological polar surface area (TPSA) is 27.7 Å². The van der Waals surface area contributed by atoms with E-state index in [2.05, 4.69) is 36.1 Å². The molecule has 0 saturated carbocycles. The normalized spacial score (nSPS) is 33.2. The largest absolute Gasteiger partial charge is 0.382 e. The zero-order valence-corrected chi connectivity index (χ0v) is 19.5. The van der Waals surface area contributed by atoms with Gasteiger partial charge in [0.15, 0.2) is 1.41 Å². The Kier molecular flexibility index (Phi) is 4.78. The summed E-state index contributed by atoms with van der Waals surface area (Å²) < 4.78 is 79.5. The van der Waals surface area contributed by atoms with Gasteiger partial charge in [0.1, 0.15) is 5.82 Å². The maximum absolute atomic E-state index is 15.6. The average molecular weight is 459 g/mol. The molecule has 178 valence electrons. The van der Waals surface area contributed by atoms with E-state index >= 15 is 4.39 Å². The van der Waals surface area contributed by atoms with Crippen molar-refractivity contribution in [2.45, 2.75) is 70.6 Å². The minimum Gasteiger partial charge on any atom is -0.382 e. The summed E-state index contributed by atoms with van der Waals surface area (Å²) in [5, 5.41) is 1.03. The fraction of sp³-hybridized carbons (Fsp3) is 0.571. The van der Waals surface area contributed by atoms with E-state index in [0.717, 1.165) is 48.9 Å². The van der Waals surface area contributed by atoms with Gasteiger partial charge in [-0.05, 0) is 74.2 Å². The minimum atomic E-state index is -2.44. The third-order valence-corrected chi connectivity index (χ3v) is 7.46. The number of hydrogen-bond donors (Lipinski definition) is 1. The van der Waals surface area contributed by atoms with Gasteiger partial charge >= 0.3 is 0 Å². The van der Waals surface area contributed by atoms with Crippen LogP contribution in [0.3, 0.4) is 0 Å². The quantitative estimate of drug-likeness (QED) is 0.596. The summed E-state index contributed by atoms with van der Waals surface area (Å²) in [6.45, 7) is 0.699. The van der Waals surface area contributed by atoms with Gasteiger partial charge in [-0.15, -0.1) is 0 Å². The lowest BCUT2D eigenvalue weighted by atomic mass is 9.85. The molecule has 2 aromatic rings. The monoisotopic (exact) mass is 458 g/mol. The minimum absolute atomic E-state index is 0.0400. The van der Waals surface area contributed by atoms with E-state index in [1.54, 1.807) is 0 Å². The molecule has 0 spiro atoms. The van der Waals surface area contributed by atoms with Gasteiger partial charge in [0.05, 0.1) is 27.1 Å². The lowest BCUT2D eigenvalue weighted by Crippen LogP contribution is -2.45. The van der Waals surface area contributed by atoms with Crippen molar-refractivity contribution in [3.63, 3.8) is 0 Å². The van der Waals surface area contributed by atoms with Crippen LogP contribution in [0, 0.1) is 11.7 Å². The molecule has 0 aromatic heterocycles. The second-order valence-electron chi connectivity index (χ2n) is 9.48. The Morgan fingerprint density at radius 2 is 1.94 bits per heavy atom. The van der Waals surface area contributed by atoms with E-state index in [4.69, 9.17) is 14.4 Å². The molecule has 1 N–H and O–H groups in total. The third kappa shape index (κ3) is 5.04. The zero-order valence-electron chi connectivity index (χ0n) is 26.5. The van der Waals surface area contributed by atoms with Crippen molar-refractivity contribution in [1.82, 2.24) is 4.90 Å². The number of piperidine rings is 1. The van der Waals surface area contributed by atoms with Gasteiger partial charge in [0.25, 0.3) is 0 Å². The van der Waals surface area contributed by atoms with Gasteiger partial charge in [-0.25, -0.2) is 4.39 Å². The van der Waals surface area contributed by atoms with Crippen molar-refractivity contribution in [1.29, 1.82) is 0 Å². The summed E-state index contributed by atoms with van der Waals surface area (Å²) >= 11 is 0. The highest BCUT2D eigenvalue weighted by Crippen LogP contribution is 2.41. The van der Waals surface area contributed by atoms with E-state index in [1.165, 1.54) is 11.1 Å². The average Bonchev–Trinajstić information content (AvgIpc) is 3.15. The molecule has 2 bridgehead atoms. The van der Waals surface area contributed by atoms with Crippen LogP contribution in [-0.4, -0.2) is 49.3 Å². The van der Waals surface area contributed by atoms with E-state index in [9.17, 15) is 0 Å². The Morgan fingerprint density at radius 1 is 1.21 bits per heavy atom. The first-order valence-corrected chi connectivity index (χ1v) is 12.2. The lowest BCUT2D eigenvalue weighted by molar-refractivity contribution is 0.0908. The van der Waals surface area contributed by atoms with Gasteiger partial charge < -0.3 is 14.9 Å². The highest BCUT2D eigenvalue weighted by molar-refractivity contribution is 5.57. The lowest BCUT2D eigenvalue weighted by Gasteiger charge is -2.41. The van der Waals surface area contributed by atoms with Gasteiger partial charge in [-0.1, -0.05) is 31.2 Å². The van der Waals surface area contributed by atoms with Gasteiger partial charge in [0, 0.05) is 43.4 Å². The van der Waals surface area contributed by atoms with E-state index in [0.29, 0.717) is 12.1 Å². The Morgan fingerprint density at radius 3 is 2.67 bits per heavy atom. The summed E-state index contributed by atoms with van der Waals surface area (Å²) in [6.07, 6.45) is 4.93. The predicted octanol–water partition coefficient (Wildman–Crippen LogP) is 5.47. The number of hydrogen-bond acceptors (Lipinski definition) is 4. The summed E-state index contributed by atoms with van der Waals surface area (Å²) in [7, 11) is 0. The molecule has 5 rings (SSSR count). The molecule has 2 aromatic carbocycles. The molecule has 0 radical (unpaired) electrons. The Balaban J connectivity index is 1.35. The third-order valence-electron chi connectivity index (χ3n) is 7.46. The summed E-state index contributed by atoms with van der Waals surface area (Å²) in [6, 6.07) is 7.36. The first-order chi connectivity index (χ1) is 18.9. The highest BCUT2D eigenvalue weighted by Gasteiger charge is 2.41. The molecular weight excluding hydrogens is 413 g/mol. The molecule has 4 unspecified atom stereocenters. The first kappa shape index (κ1) is 15.7. The molecule has 3 aliphatic heterocycles. The van der Waals surface area contributed by atoms with E-state index in [-0.39, 0.29) is 24.8 Å². The molecule has 3 fully saturated rings. The number of morpholine rings is 1. The molecule has 5 heteroatoms. The number of halogens is 1. The summed E-state index contributed by atoms with van der Waals surface area (Å²) in [4.78, 5) is 3.48. The molecule has 4 atom stereocenters. The molecule has 3 heterocycles. The van der Waals surface area contributed by atoms with Crippen molar-refractivity contribution in [3.8, 4) is 0 Å². The number of nitrogens with one attached hydrogen (secondary N) is 1. The maximum Gasteiger partial charge on any atom is 0.160 e. The smallest absolute Gasteiger partial charge is 0.160 e. The molecule has 33 heavy (non-hydrogen) atoms. The molecule has 0 amide bonds. The van der Waals surface area contributed by atoms with E-state index < -0.39 is 48.8 Å². The second kappa shape index (κ2) is 10.0. The summed E-state index contributed by atoms with van der Waals surface area (Å²) in [5.41, 5.74) is 1.81. The van der Waals surface area contributed by atoms with Gasteiger partial charge in [0.2, 0.25) is 0 Å². The van der Waals surface area contributed by atoms with Crippen molar-refractivity contribution < 1.29 is 18.8 Å². The number of anilines is 2. The van der Waals surface area contributed by atoms with Crippen molar-refractivity contribution in [2.75, 3.05) is 36.4 Å². The number of benzene rings is 2. The number of aryl methyl sites for hydroxylation is 1. The summed E-state index contributed by atoms with van der Waals surface area (Å²) in [5.74, 6) is -1.04. The van der Waals surface area contributed by atoms with Crippen LogP contribution >= 0.6 is 0 Å². The van der Waals surface area contributed by atoms with Gasteiger partial charge in [-0.2, -0.15) is 0 Å². The number of rotatable bonds is 7.